The number of carbonyl (C=O) groups excluding carboxylic acids is 1. The maximum absolute atomic E-state index is 12.1. The first kappa shape index (κ1) is 15.1. The van der Waals surface area contributed by atoms with Crippen LogP contribution >= 0.6 is 0 Å². The summed E-state index contributed by atoms with van der Waals surface area (Å²) in [6.07, 6.45) is 3.79. The highest BCUT2D eigenvalue weighted by Gasteiger charge is 2.28. The number of nitrogens with zero attached hydrogens (tertiary/aromatic N) is 2. The Morgan fingerprint density at radius 3 is 2.65 bits per heavy atom. The normalized spacial score (nSPS) is 28.1. The molecule has 2 heterocycles. The number of nitrogens with one attached hydrogen (secondary N) is 1. The molecule has 6 nitrogen and oxygen atoms in total. The van der Waals surface area contributed by atoms with Crippen LogP contribution in [-0.4, -0.2) is 66.7 Å². The molecule has 2 fully saturated rings. The first-order valence-electron chi connectivity index (χ1n) is 7.50. The Labute approximate surface area is 120 Å². The quantitative estimate of drug-likeness (QED) is 0.805. The smallest absolute Gasteiger partial charge is 0.317 e. The van der Waals surface area contributed by atoms with Gasteiger partial charge in [-0.1, -0.05) is 0 Å². The Bertz CT molecular complexity index is 362. The molecule has 2 amide bonds. The van der Waals surface area contributed by atoms with E-state index in [1.807, 2.05) is 0 Å². The largest absolute Gasteiger partial charge is 0.481 e. The van der Waals surface area contributed by atoms with Gasteiger partial charge >= 0.3 is 12.0 Å². The summed E-state index contributed by atoms with van der Waals surface area (Å²) < 4.78 is 0. The summed E-state index contributed by atoms with van der Waals surface area (Å²) >= 11 is 0. The van der Waals surface area contributed by atoms with Crippen molar-refractivity contribution in [2.75, 3.05) is 39.8 Å². The summed E-state index contributed by atoms with van der Waals surface area (Å²) in [7, 11) is 2.11. The highest BCUT2D eigenvalue weighted by molar-refractivity contribution is 5.76. The van der Waals surface area contributed by atoms with Gasteiger partial charge in [0.25, 0.3) is 0 Å². The average Bonchev–Trinajstić information content (AvgIpc) is 2.45. The maximum Gasteiger partial charge on any atom is 0.317 e. The lowest BCUT2D eigenvalue weighted by molar-refractivity contribution is -0.143. The summed E-state index contributed by atoms with van der Waals surface area (Å²) in [6, 6.07) is -0.107. The molecule has 2 aliphatic heterocycles. The summed E-state index contributed by atoms with van der Waals surface area (Å²) in [5, 5.41) is 12.0. The molecule has 0 bridgehead atoms. The topological polar surface area (TPSA) is 72.9 Å². The number of hydrogen-bond acceptors (Lipinski definition) is 3. The lowest BCUT2D eigenvalue weighted by Crippen LogP contribution is -2.49. The lowest BCUT2D eigenvalue weighted by Gasteiger charge is -2.33. The van der Waals surface area contributed by atoms with E-state index in [1.54, 1.807) is 4.90 Å². The van der Waals surface area contributed by atoms with Crippen LogP contribution in [0, 0.1) is 11.8 Å². The van der Waals surface area contributed by atoms with Crippen molar-refractivity contribution in [3.8, 4) is 0 Å². The molecule has 20 heavy (non-hydrogen) atoms. The predicted octanol–water partition coefficient (Wildman–Crippen LogP) is 0.834. The molecule has 2 atom stereocenters. The molecule has 0 aliphatic carbocycles. The summed E-state index contributed by atoms with van der Waals surface area (Å²) in [6.45, 7) is 3.86. The van der Waals surface area contributed by atoms with Gasteiger partial charge in [0.1, 0.15) is 0 Å². The molecule has 0 spiro atoms. The van der Waals surface area contributed by atoms with Crippen molar-refractivity contribution < 1.29 is 14.7 Å². The van der Waals surface area contributed by atoms with Crippen LogP contribution in [0.4, 0.5) is 4.79 Å². The van der Waals surface area contributed by atoms with Crippen LogP contribution < -0.4 is 5.32 Å². The number of aliphatic carboxylic acids is 1. The minimum absolute atomic E-state index is 0.107. The van der Waals surface area contributed by atoms with E-state index in [0.29, 0.717) is 32.0 Å². The summed E-state index contributed by atoms with van der Waals surface area (Å²) in [5.41, 5.74) is 0. The first-order chi connectivity index (χ1) is 9.56. The van der Waals surface area contributed by atoms with E-state index in [9.17, 15) is 9.59 Å². The number of amides is 2. The van der Waals surface area contributed by atoms with Gasteiger partial charge in [0.2, 0.25) is 0 Å². The van der Waals surface area contributed by atoms with Gasteiger partial charge in [-0.3, -0.25) is 4.79 Å². The monoisotopic (exact) mass is 283 g/mol. The predicted molar refractivity (Wildman–Crippen MR) is 75.6 cm³/mol. The van der Waals surface area contributed by atoms with Gasteiger partial charge in [0.05, 0.1) is 5.92 Å². The molecule has 2 saturated heterocycles. The zero-order valence-corrected chi connectivity index (χ0v) is 12.2. The van der Waals surface area contributed by atoms with E-state index >= 15 is 0 Å². The van der Waals surface area contributed by atoms with Gasteiger partial charge < -0.3 is 20.2 Å². The second-order valence-corrected chi connectivity index (χ2v) is 6.08. The van der Waals surface area contributed by atoms with Gasteiger partial charge in [-0.2, -0.15) is 0 Å². The maximum atomic E-state index is 12.1. The Balaban J connectivity index is 1.75. The van der Waals surface area contributed by atoms with Crippen molar-refractivity contribution in [2.45, 2.75) is 25.7 Å². The molecular weight excluding hydrogens is 258 g/mol. The molecule has 2 N–H and O–H groups in total. The summed E-state index contributed by atoms with van der Waals surface area (Å²) in [4.78, 5) is 27.0. The molecule has 0 aromatic carbocycles. The number of rotatable bonds is 3. The minimum atomic E-state index is -0.795. The van der Waals surface area contributed by atoms with Crippen molar-refractivity contribution in [3.63, 3.8) is 0 Å². The molecule has 2 unspecified atom stereocenters. The van der Waals surface area contributed by atoms with E-state index in [1.165, 1.54) is 6.42 Å². The Morgan fingerprint density at radius 1 is 1.20 bits per heavy atom. The van der Waals surface area contributed by atoms with Crippen LogP contribution in [0.25, 0.3) is 0 Å². The van der Waals surface area contributed by atoms with E-state index in [0.717, 1.165) is 25.9 Å². The Hall–Kier alpha value is -1.30. The van der Waals surface area contributed by atoms with Crippen LogP contribution in [0.1, 0.15) is 25.7 Å². The van der Waals surface area contributed by atoms with Crippen LogP contribution in [0.2, 0.25) is 0 Å². The Kier molecular flexibility index (Phi) is 5.23. The average molecular weight is 283 g/mol. The number of carbonyl (C=O) groups is 2. The second kappa shape index (κ2) is 6.92. The van der Waals surface area contributed by atoms with E-state index in [2.05, 4.69) is 17.3 Å². The number of carboxylic acids is 1. The third kappa shape index (κ3) is 4.10. The van der Waals surface area contributed by atoms with Crippen LogP contribution in [0.3, 0.4) is 0 Å². The van der Waals surface area contributed by atoms with E-state index in [4.69, 9.17) is 5.11 Å². The highest BCUT2D eigenvalue weighted by atomic mass is 16.4. The van der Waals surface area contributed by atoms with Gasteiger partial charge in [-0.15, -0.1) is 0 Å². The second-order valence-electron chi connectivity index (χ2n) is 6.08. The fourth-order valence-corrected chi connectivity index (χ4v) is 3.15. The van der Waals surface area contributed by atoms with Gasteiger partial charge in [-0.25, -0.2) is 4.79 Å². The fraction of sp³-hybridized carbons (Fsp3) is 0.857. The van der Waals surface area contributed by atoms with Gasteiger partial charge in [0.15, 0.2) is 0 Å². The van der Waals surface area contributed by atoms with E-state index < -0.39 is 11.9 Å². The molecule has 0 radical (unpaired) electrons. The third-order valence-electron chi connectivity index (χ3n) is 4.32. The molecule has 0 aromatic heterocycles. The SMILES string of the molecule is CN1CCCC(CNC(=O)N2CCCC(C(=O)O)C2)C1. The van der Waals surface area contributed by atoms with Crippen molar-refractivity contribution in [1.82, 2.24) is 15.1 Å². The number of piperidine rings is 2. The van der Waals surface area contributed by atoms with Crippen LogP contribution in [0.15, 0.2) is 0 Å². The molecule has 0 saturated carbocycles. The van der Waals surface area contributed by atoms with E-state index in [-0.39, 0.29) is 6.03 Å². The molecule has 0 aromatic rings. The molecule has 114 valence electrons. The number of carboxylic acid groups (broad SMARTS) is 1. The zero-order valence-electron chi connectivity index (χ0n) is 12.2. The minimum Gasteiger partial charge on any atom is -0.481 e. The lowest BCUT2D eigenvalue weighted by atomic mass is 9.98. The summed E-state index contributed by atoms with van der Waals surface area (Å²) in [5.74, 6) is -0.690. The zero-order chi connectivity index (χ0) is 14.5. The Morgan fingerprint density at radius 2 is 1.95 bits per heavy atom. The van der Waals surface area contributed by atoms with Crippen molar-refractivity contribution >= 4 is 12.0 Å². The highest BCUT2D eigenvalue weighted by Crippen LogP contribution is 2.17. The number of likely N-dealkylation sites (tertiary alicyclic amines) is 2. The number of hydrogen-bond donors (Lipinski definition) is 2. The molecular formula is C14H25N3O3. The van der Waals surface area contributed by atoms with Crippen LogP contribution in [-0.2, 0) is 4.79 Å². The van der Waals surface area contributed by atoms with Gasteiger partial charge in [0, 0.05) is 26.2 Å². The molecule has 2 aliphatic rings. The van der Waals surface area contributed by atoms with Crippen LogP contribution in [0.5, 0.6) is 0 Å². The first-order valence-corrected chi connectivity index (χ1v) is 7.50. The molecule has 6 heteroatoms. The fourth-order valence-electron chi connectivity index (χ4n) is 3.15. The van der Waals surface area contributed by atoms with Crippen molar-refractivity contribution in [1.29, 1.82) is 0 Å². The van der Waals surface area contributed by atoms with Crippen molar-refractivity contribution in [3.05, 3.63) is 0 Å². The number of urea groups is 1. The third-order valence-corrected chi connectivity index (χ3v) is 4.32. The standard InChI is InChI=1S/C14H25N3O3/c1-16-6-2-4-11(9-16)8-15-14(20)17-7-3-5-12(10-17)13(18)19/h11-12H,2-10H2,1H3,(H,15,20)(H,18,19). The van der Waals surface area contributed by atoms with Crippen molar-refractivity contribution in [2.24, 2.45) is 11.8 Å². The molecule has 2 rings (SSSR count). The van der Waals surface area contributed by atoms with Gasteiger partial charge in [-0.05, 0) is 45.2 Å².